The molecule has 0 amide bonds. The van der Waals surface area contributed by atoms with Crippen LogP contribution in [0.25, 0.3) is 16.9 Å². The van der Waals surface area contributed by atoms with Gasteiger partial charge in [-0.1, -0.05) is 30.3 Å². The van der Waals surface area contributed by atoms with Gasteiger partial charge in [0.25, 0.3) is 5.56 Å². The molecular formula is C14H7N5O. The summed E-state index contributed by atoms with van der Waals surface area (Å²) in [4.78, 5) is 16.5. The van der Waals surface area contributed by atoms with Crippen molar-refractivity contribution in [2.75, 3.05) is 0 Å². The number of H-pyrrole nitrogens is 1. The van der Waals surface area contributed by atoms with Crippen LogP contribution in [0.15, 0.2) is 41.3 Å². The number of aromatic nitrogens is 3. The van der Waals surface area contributed by atoms with Crippen LogP contribution in [-0.4, -0.2) is 14.6 Å². The minimum atomic E-state index is -0.516. The first-order chi connectivity index (χ1) is 9.76. The highest BCUT2D eigenvalue weighted by Crippen LogP contribution is 2.20. The second-order valence-electron chi connectivity index (χ2n) is 4.08. The zero-order valence-corrected chi connectivity index (χ0v) is 10.2. The third-order valence-electron chi connectivity index (χ3n) is 2.94. The van der Waals surface area contributed by atoms with Crippen LogP contribution < -0.4 is 5.56 Å². The molecule has 1 aromatic carbocycles. The summed E-state index contributed by atoms with van der Waals surface area (Å²) in [5, 5.41) is 20.8. The van der Waals surface area contributed by atoms with Gasteiger partial charge in [-0.05, 0) is 0 Å². The second-order valence-corrected chi connectivity index (χ2v) is 4.08. The average Bonchev–Trinajstić information content (AvgIpc) is 2.91. The van der Waals surface area contributed by atoms with Gasteiger partial charge in [0.2, 0.25) is 0 Å². The van der Waals surface area contributed by atoms with Crippen LogP contribution in [0.5, 0.6) is 0 Å². The van der Waals surface area contributed by atoms with Crippen LogP contribution in [0, 0.1) is 22.7 Å². The lowest BCUT2D eigenvalue weighted by atomic mass is 10.1. The van der Waals surface area contributed by atoms with Gasteiger partial charge < -0.3 is 0 Å². The van der Waals surface area contributed by atoms with Gasteiger partial charge in [-0.3, -0.25) is 9.89 Å². The minimum Gasteiger partial charge on any atom is -0.295 e. The van der Waals surface area contributed by atoms with Crippen LogP contribution >= 0.6 is 0 Å². The molecule has 0 aliphatic carbocycles. The van der Waals surface area contributed by atoms with Gasteiger partial charge in [0.05, 0.1) is 5.69 Å². The van der Waals surface area contributed by atoms with Crippen molar-refractivity contribution >= 4 is 5.65 Å². The molecule has 0 unspecified atom stereocenters. The SMILES string of the molecule is N#Cc1c(-c2ccccc2)nc2c(C#N)c[nH]n2c1=O. The maximum atomic E-state index is 12.2. The highest BCUT2D eigenvalue weighted by Gasteiger charge is 2.16. The first-order valence-corrected chi connectivity index (χ1v) is 5.76. The molecule has 0 atom stereocenters. The van der Waals surface area contributed by atoms with E-state index in [0.29, 0.717) is 5.56 Å². The van der Waals surface area contributed by atoms with Gasteiger partial charge in [0.1, 0.15) is 23.3 Å². The molecule has 3 aromatic rings. The number of aromatic amines is 1. The summed E-state index contributed by atoms with van der Waals surface area (Å²) in [6.45, 7) is 0. The van der Waals surface area contributed by atoms with Gasteiger partial charge in [-0.15, -0.1) is 0 Å². The Balaban J connectivity index is 2.46. The van der Waals surface area contributed by atoms with Crippen LogP contribution in [0.2, 0.25) is 0 Å². The second kappa shape index (κ2) is 4.38. The maximum absolute atomic E-state index is 12.2. The molecule has 0 saturated carbocycles. The van der Waals surface area contributed by atoms with Crippen molar-refractivity contribution < 1.29 is 0 Å². The molecule has 0 bridgehead atoms. The quantitative estimate of drug-likeness (QED) is 0.716. The molecule has 0 spiro atoms. The molecule has 0 saturated heterocycles. The third kappa shape index (κ3) is 1.57. The Bertz CT molecular complexity index is 938. The lowest BCUT2D eigenvalue weighted by molar-refractivity contribution is 0.895. The lowest BCUT2D eigenvalue weighted by Gasteiger charge is -2.03. The fourth-order valence-electron chi connectivity index (χ4n) is 2.00. The number of nitrogens with zero attached hydrogens (tertiary/aromatic N) is 4. The van der Waals surface area contributed by atoms with Crippen LogP contribution in [-0.2, 0) is 0 Å². The fraction of sp³-hybridized carbons (Fsp3) is 0. The van der Waals surface area contributed by atoms with Crippen molar-refractivity contribution in [2.45, 2.75) is 0 Å². The highest BCUT2D eigenvalue weighted by atomic mass is 16.1. The molecule has 0 fully saturated rings. The molecule has 20 heavy (non-hydrogen) atoms. The largest absolute Gasteiger partial charge is 0.295 e. The molecule has 6 heteroatoms. The maximum Gasteiger partial charge on any atom is 0.291 e. The van der Waals surface area contributed by atoms with E-state index in [1.165, 1.54) is 6.20 Å². The van der Waals surface area contributed by atoms with E-state index < -0.39 is 5.56 Å². The lowest BCUT2D eigenvalue weighted by Crippen LogP contribution is -2.19. The standard InChI is InChI=1S/C14H7N5O/c15-6-10-8-17-19-13(10)18-12(11(7-16)14(19)20)9-4-2-1-3-5-9/h1-5,8,17H. The monoisotopic (exact) mass is 261 g/mol. The van der Waals surface area contributed by atoms with E-state index in [1.54, 1.807) is 24.3 Å². The molecule has 2 heterocycles. The van der Waals surface area contributed by atoms with E-state index in [1.807, 2.05) is 18.2 Å². The predicted molar refractivity (Wildman–Crippen MR) is 70.7 cm³/mol. The van der Waals surface area contributed by atoms with Gasteiger partial charge >= 0.3 is 0 Å². The summed E-state index contributed by atoms with van der Waals surface area (Å²) >= 11 is 0. The van der Waals surface area contributed by atoms with Crippen molar-refractivity contribution in [1.29, 1.82) is 10.5 Å². The first-order valence-electron chi connectivity index (χ1n) is 5.76. The molecule has 0 radical (unpaired) electrons. The van der Waals surface area contributed by atoms with Crippen molar-refractivity contribution in [1.82, 2.24) is 14.6 Å². The van der Waals surface area contributed by atoms with Crippen molar-refractivity contribution in [3.63, 3.8) is 0 Å². The Kier molecular flexibility index (Phi) is 2.56. The zero-order valence-electron chi connectivity index (χ0n) is 10.2. The number of nitrogens with one attached hydrogen (secondary N) is 1. The summed E-state index contributed by atoms with van der Waals surface area (Å²) in [5.74, 6) is 0. The number of fused-ring (bicyclic) bond motifs is 1. The third-order valence-corrected chi connectivity index (χ3v) is 2.94. The van der Waals surface area contributed by atoms with Crippen molar-refractivity contribution in [2.24, 2.45) is 0 Å². The zero-order chi connectivity index (χ0) is 14.1. The number of hydrogen-bond acceptors (Lipinski definition) is 4. The van der Waals surface area contributed by atoms with Crippen LogP contribution in [0.4, 0.5) is 0 Å². The van der Waals surface area contributed by atoms with Crippen LogP contribution in [0.1, 0.15) is 11.1 Å². The molecule has 6 nitrogen and oxygen atoms in total. The smallest absolute Gasteiger partial charge is 0.291 e. The van der Waals surface area contributed by atoms with E-state index in [-0.39, 0.29) is 22.5 Å². The van der Waals surface area contributed by atoms with E-state index in [9.17, 15) is 10.1 Å². The van der Waals surface area contributed by atoms with Gasteiger partial charge in [-0.25, -0.2) is 4.98 Å². The Morgan fingerprint density at radius 3 is 2.55 bits per heavy atom. The molecule has 1 N–H and O–H groups in total. The van der Waals surface area contributed by atoms with Crippen molar-refractivity contribution in [3.8, 4) is 23.4 Å². The van der Waals surface area contributed by atoms with E-state index >= 15 is 0 Å². The molecule has 0 aliphatic heterocycles. The Hall–Kier alpha value is -3.38. The number of benzene rings is 1. The average molecular weight is 261 g/mol. The predicted octanol–water partition coefficient (Wildman–Crippen LogP) is 1.43. The summed E-state index contributed by atoms with van der Waals surface area (Å²) in [7, 11) is 0. The molecular weight excluding hydrogens is 254 g/mol. The van der Waals surface area contributed by atoms with Crippen molar-refractivity contribution in [3.05, 3.63) is 58.0 Å². The Morgan fingerprint density at radius 2 is 1.90 bits per heavy atom. The summed E-state index contributed by atoms with van der Waals surface area (Å²) < 4.78 is 1.10. The first kappa shape index (κ1) is 11.7. The Labute approximate surface area is 113 Å². The summed E-state index contributed by atoms with van der Waals surface area (Å²) in [6, 6.07) is 12.8. The van der Waals surface area contributed by atoms with Gasteiger partial charge in [-0.2, -0.15) is 15.0 Å². The topological polar surface area (TPSA) is 97.7 Å². The van der Waals surface area contributed by atoms with E-state index in [4.69, 9.17) is 5.26 Å². The Morgan fingerprint density at radius 1 is 1.15 bits per heavy atom. The molecule has 3 rings (SSSR count). The summed E-state index contributed by atoms with van der Waals surface area (Å²) in [5.41, 5.74) is 0.847. The van der Waals surface area contributed by atoms with E-state index in [2.05, 4.69) is 10.1 Å². The molecule has 0 aliphatic rings. The minimum absolute atomic E-state index is 0.0555. The van der Waals surface area contributed by atoms with Gasteiger partial charge in [0.15, 0.2) is 5.65 Å². The van der Waals surface area contributed by atoms with Gasteiger partial charge in [0, 0.05) is 11.8 Å². The molecule has 94 valence electrons. The molecule has 2 aromatic heterocycles. The van der Waals surface area contributed by atoms with E-state index in [0.717, 1.165) is 4.52 Å². The highest BCUT2D eigenvalue weighted by molar-refractivity contribution is 5.69. The fourth-order valence-corrected chi connectivity index (χ4v) is 2.00. The number of hydrogen-bond donors (Lipinski definition) is 1. The number of rotatable bonds is 1. The normalized spacial score (nSPS) is 10.1. The van der Waals surface area contributed by atoms with Crippen LogP contribution in [0.3, 0.4) is 0 Å². The number of nitriles is 2. The summed E-state index contributed by atoms with van der Waals surface area (Å²) in [6.07, 6.45) is 1.39.